The maximum atomic E-state index is 11.4. The number of hydrogen-bond donors (Lipinski definition) is 2. The molecule has 0 bridgehead atoms. The van der Waals surface area contributed by atoms with Gasteiger partial charge in [0.25, 0.3) is 0 Å². The molecule has 1 unspecified atom stereocenters. The second-order valence-corrected chi connectivity index (χ2v) is 8.45. The van der Waals surface area contributed by atoms with Crippen molar-refractivity contribution in [1.29, 1.82) is 0 Å². The summed E-state index contributed by atoms with van der Waals surface area (Å²) in [5.74, 6) is -0.205. The highest BCUT2D eigenvalue weighted by Crippen LogP contribution is 2.36. The Labute approximate surface area is 186 Å². The van der Waals surface area contributed by atoms with Gasteiger partial charge < -0.3 is 15.3 Å². The Hall–Kier alpha value is -2.63. The zero-order valence-corrected chi connectivity index (χ0v) is 19.1. The molecule has 1 aromatic carbocycles. The number of nitrogens with zero attached hydrogens (tertiary/aromatic N) is 3. The summed E-state index contributed by atoms with van der Waals surface area (Å²) in [5, 5.41) is 12.8. The van der Waals surface area contributed by atoms with E-state index in [1.165, 1.54) is 32.1 Å². The van der Waals surface area contributed by atoms with Crippen LogP contribution in [0.5, 0.6) is 0 Å². The first kappa shape index (κ1) is 23.0. The lowest BCUT2D eigenvalue weighted by atomic mass is 9.91. The maximum Gasteiger partial charge on any atom is 0.303 e. The van der Waals surface area contributed by atoms with Crippen LogP contribution < -0.4 is 10.2 Å². The third kappa shape index (κ3) is 5.96. The van der Waals surface area contributed by atoms with Gasteiger partial charge in [0.15, 0.2) is 0 Å². The molecule has 0 saturated heterocycles. The van der Waals surface area contributed by atoms with Crippen molar-refractivity contribution in [2.24, 2.45) is 0 Å². The molecule has 1 saturated carbocycles. The average Bonchev–Trinajstić information content (AvgIpc) is 2.80. The minimum Gasteiger partial charge on any atom is -0.481 e. The molecule has 0 spiro atoms. The van der Waals surface area contributed by atoms with E-state index in [-0.39, 0.29) is 12.3 Å². The number of aryl methyl sites for hydroxylation is 1. The Morgan fingerprint density at radius 3 is 2.45 bits per heavy atom. The smallest absolute Gasteiger partial charge is 0.303 e. The largest absolute Gasteiger partial charge is 0.481 e. The third-order valence-electron chi connectivity index (χ3n) is 6.43. The fraction of sp³-hybridized carbons (Fsp3) is 0.560. The summed E-state index contributed by atoms with van der Waals surface area (Å²) in [7, 11) is 0. The molecule has 1 aliphatic carbocycles. The fourth-order valence-electron chi connectivity index (χ4n) is 4.61. The summed E-state index contributed by atoms with van der Waals surface area (Å²) in [6.07, 6.45) is 11.8. The van der Waals surface area contributed by atoms with Gasteiger partial charge in [-0.25, -0.2) is 9.97 Å². The number of benzene rings is 1. The fourth-order valence-corrected chi connectivity index (χ4v) is 4.61. The van der Waals surface area contributed by atoms with Gasteiger partial charge in [0.1, 0.15) is 0 Å². The summed E-state index contributed by atoms with van der Waals surface area (Å²) < 4.78 is 0. The van der Waals surface area contributed by atoms with Crippen LogP contribution in [0.15, 0.2) is 30.6 Å². The molecular weight excluding hydrogens is 388 g/mol. The SMILES string of the molecule is CCc1cnc(Nc2cc(C(CC)CC(=O)O)ccc2N(CC)C2CCCCC2)nc1. The number of carboxylic acid groups (broad SMARTS) is 1. The molecule has 31 heavy (non-hydrogen) atoms. The van der Waals surface area contributed by atoms with Crippen molar-refractivity contribution in [2.45, 2.75) is 84.1 Å². The Balaban J connectivity index is 1.97. The van der Waals surface area contributed by atoms with Gasteiger partial charge in [0.05, 0.1) is 17.8 Å². The Bertz CT molecular complexity index is 847. The lowest BCUT2D eigenvalue weighted by molar-refractivity contribution is -0.137. The molecule has 1 aromatic heterocycles. The minimum atomic E-state index is -0.763. The molecule has 1 heterocycles. The molecule has 3 rings (SSSR count). The molecule has 0 aliphatic heterocycles. The van der Waals surface area contributed by atoms with Gasteiger partial charge in [-0.1, -0.05) is 39.2 Å². The maximum absolute atomic E-state index is 11.4. The predicted molar refractivity (Wildman–Crippen MR) is 126 cm³/mol. The Morgan fingerprint density at radius 1 is 1.16 bits per heavy atom. The molecule has 1 atom stereocenters. The molecule has 168 valence electrons. The normalized spacial score (nSPS) is 15.5. The number of hydrogen-bond acceptors (Lipinski definition) is 5. The summed E-state index contributed by atoms with van der Waals surface area (Å²) in [6, 6.07) is 6.90. The van der Waals surface area contributed by atoms with E-state index in [1.807, 2.05) is 19.3 Å². The second kappa shape index (κ2) is 11.1. The minimum absolute atomic E-state index is 0.0137. The van der Waals surface area contributed by atoms with Crippen molar-refractivity contribution in [1.82, 2.24) is 9.97 Å². The second-order valence-electron chi connectivity index (χ2n) is 8.45. The highest BCUT2D eigenvalue weighted by molar-refractivity contribution is 5.75. The first-order valence-corrected chi connectivity index (χ1v) is 11.8. The zero-order chi connectivity index (χ0) is 22.2. The van der Waals surface area contributed by atoms with Crippen LogP contribution in [0.4, 0.5) is 17.3 Å². The number of carboxylic acids is 1. The number of aromatic nitrogens is 2. The van der Waals surface area contributed by atoms with Crippen molar-refractivity contribution in [2.75, 3.05) is 16.8 Å². The van der Waals surface area contributed by atoms with Crippen LogP contribution >= 0.6 is 0 Å². The first-order valence-electron chi connectivity index (χ1n) is 11.8. The molecule has 0 radical (unpaired) electrons. The lowest BCUT2D eigenvalue weighted by Crippen LogP contribution is -2.37. The predicted octanol–water partition coefficient (Wildman–Crippen LogP) is 5.91. The van der Waals surface area contributed by atoms with Gasteiger partial charge in [0.2, 0.25) is 5.95 Å². The number of aliphatic carboxylic acids is 1. The molecule has 1 fully saturated rings. The van der Waals surface area contributed by atoms with Crippen molar-refractivity contribution < 1.29 is 9.90 Å². The van der Waals surface area contributed by atoms with E-state index in [4.69, 9.17) is 0 Å². The zero-order valence-electron chi connectivity index (χ0n) is 19.1. The molecule has 6 heteroatoms. The van der Waals surface area contributed by atoms with Crippen LogP contribution in [-0.4, -0.2) is 33.6 Å². The number of nitrogens with one attached hydrogen (secondary N) is 1. The van der Waals surface area contributed by atoms with Crippen molar-refractivity contribution >= 4 is 23.3 Å². The Morgan fingerprint density at radius 2 is 1.87 bits per heavy atom. The monoisotopic (exact) mass is 424 g/mol. The van der Waals surface area contributed by atoms with Crippen LogP contribution in [0, 0.1) is 0 Å². The van der Waals surface area contributed by atoms with Gasteiger partial charge in [-0.15, -0.1) is 0 Å². The number of anilines is 3. The van der Waals surface area contributed by atoms with Crippen molar-refractivity contribution in [3.8, 4) is 0 Å². The van der Waals surface area contributed by atoms with E-state index in [0.717, 1.165) is 41.9 Å². The molecule has 6 nitrogen and oxygen atoms in total. The van der Waals surface area contributed by atoms with Gasteiger partial charge in [-0.3, -0.25) is 4.79 Å². The van der Waals surface area contributed by atoms with Crippen LogP contribution in [0.2, 0.25) is 0 Å². The lowest BCUT2D eigenvalue weighted by Gasteiger charge is -2.37. The van der Waals surface area contributed by atoms with Crippen LogP contribution in [-0.2, 0) is 11.2 Å². The summed E-state index contributed by atoms with van der Waals surface area (Å²) in [4.78, 5) is 22.8. The number of carbonyl (C=O) groups is 1. The van der Waals surface area contributed by atoms with Gasteiger partial charge in [-0.05, 0) is 61.8 Å². The third-order valence-corrected chi connectivity index (χ3v) is 6.43. The molecule has 2 N–H and O–H groups in total. The first-order chi connectivity index (χ1) is 15.0. The quantitative estimate of drug-likeness (QED) is 0.494. The molecular formula is C25H36N4O2. The molecule has 1 aliphatic rings. The van der Waals surface area contributed by atoms with E-state index in [0.29, 0.717) is 12.0 Å². The number of rotatable bonds is 10. The van der Waals surface area contributed by atoms with E-state index < -0.39 is 5.97 Å². The topological polar surface area (TPSA) is 78.3 Å². The van der Waals surface area contributed by atoms with E-state index in [1.54, 1.807) is 0 Å². The standard InChI is InChI=1S/C25H36N4O2/c1-4-18-16-26-25(27-17-18)28-22-14-20(19(5-2)15-24(30)31)12-13-23(22)29(6-3)21-10-8-7-9-11-21/h12-14,16-17,19,21H,4-11,15H2,1-3H3,(H,30,31)(H,26,27,28). The molecule has 2 aromatic rings. The Kier molecular flexibility index (Phi) is 8.27. The highest BCUT2D eigenvalue weighted by atomic mass is 16.4. The van der Waals surface area contributed by atoms with Crippen molar-refractivity contribution in [3.63, 3.8) is 0 Å². The van der Waals surface area contributed by atoms with E-state index >= 15 is 0 Å². The van der Waals surface area contributed by atoms with E-state index in [2.05, 4.69) is 52.2 Å². The van der Waals surface area contributed by atoms with E-state index in [9.17, 15) is 9.90 Å². The van der Waals surface area contributed by atoms with Gasteiger partial charge >= 0.3 is 5.97 Å². The van der Waals surface area contributed by atoms with Crippen molar-refractivity contribution in [3.05, 3.63) is 41.7 Å². The summed E-state index contributed by atoms with van der Waals surface area (Å²) in [5.41, 5.74) is 4.25. The van der Waals surface area contributed by atoms with Gasteiger partial charge in [0, 0.05) is 25.0 Å². The summed E-state index contributed by atoms with van der Waals surface area (Å²) >= 11 is 0. The average molecular weight is 425 g/mol. The van der Waals surface area contributed by atoms with Crippen LogP contribution in [0.3, 0.4) is 0 Å². The van der Waals surface area contributed by atoms with Crippen LogP contribution in [0.25, 0.3) is 0 Å². The summed E-state index contributed by atoms with van der Waals surface area (Å²) in [6.45, 7) is 7.27. The van der Waals surface area contributed by atoms with Gasteiger partial charge in [-0.2, -0.15) is 0 Å². The van der Waals surface area contributed by atoms with Crippen LogP contribution in [0.1, 0.15) is 82.8 Å². The highest BCUT2D eigenvalue weighted by Gasteiger charge is 2.24. The molecule has 0 amide bonds.